The van der Waals surface area contributed by atoms with Crippen LogP contribution in [0.5, 0.6) is 5.75 Å². The Morgan fingerprint density at radius 2 is 1.67 bits per heavy atom. The molecule has 178 valence electrons. The summed E-state index contributed by atoms with van der Waals surface area (Å²) in [5.74, 6) is 1.51. The molecule has 6 heteroatoms. The van der Waals surface area contributed by atoms with E-state index in [1.807, 2.05) is 6.07 Å². The van der Waals surface area contributed by atoms with E-state index in [-0.39, 0.29) is 12.5 Å². The molecule has 33 heavy (non-hydrogen) atoms. The number of halogens is 1. The zero-order valence-electron chi connectivity index (χ0n) is 19.7. The van der Waals surface area contributed by atoms with Crippen LogP contribution in [0.3, 0.4) is 0 Å². The molecule has 3 rings (SSSR count). The summed E-state index contributed by atoms with van der Waals surface area (Å²) in [5.41, 5.74) is 2.19. The largest absolute Gasteiger partial charge is 0.484 e. The van der Waals surface area contributed by atoms with Gasteiger partial charge in [0.25, 0.3) is 5.91 Å². The van der Waals surface area contributed by atoms with E-state index in [9.17, 15) is 4.79 Å². The quantitative estimate of drug-likeness (QED) is 0.256. The summed E-state index contributed by atoms with van der Waals surface area (Å²) in [5, 5.41) is 3.58. The number of ether oxygens (including phenoxy) is 1. The van der Waals surface area contributed by atoms with Gasteiger partial charge in [0.15, 0.2) is 6.61 Å². The molecule has 0 saturated carbocycles. The van der Waals surface area contributed by atoms with Gasteiger partial charge in [-0.25, -0.2) is 4.98 Å². The Labute approximate surface area is 202 Å². The maximum Gasteiger partial charge on any atom is 0.257 e. The number of nitrogens with one attached hydrogen (secondary N) is 1. The number of unbranched alkanes of at least 4 members (excludes halogenated alkanes) is 7. The second-order valence-corrected chi connectivity index (χ2v) is 8.92. The maximum absolute atomic E-state index is 12.2. The molecular formula is C27H36ClN3O2. The van der Waals surface area contributed by atoms with Crippen LogP contribution in [0.25, 0.3) is 11.0 Å². The highest BCUT2D eigenvalue weighted by atomic mass is 35.5. The first-order chi connectivity index (χ1) is 16.2. The van der Waals surface area contributed by atoms with Gasteiger partial charge in [0.1, 0.15) is 11.6 Å². The highest BCUT2D eigenvalue weighted by Gasteiger charge is 2.11. The number of carbonyl (C=O) groups is 1. The number of para-hydroxylation sites is 2. The average molecular weight is 470 g/mol. The van der Waals surface area contributed by atoms with Crippen molar-refractivity contribution in [2.24, 2.45) is 0 Å². The van der Waals surface area contributed by atoms with E-state index in [1.54, 1.807) is 24.3 Å². The van der Waals surface area contributed by atoms with Gasteiger partial charge < -0.3 is 14.6 Å². The van der Waals surface area contributed by atoms with Gasteiger partial charge in [-0.15, -0.1) is 0 Å². The molecule has 0 aliphatic heterocycles. The zero-order valence-corrected chi connectivity index (χ0v) is 20.4. The number of nitrogens with zero attached hydrogens (tertiary/aromatic N) is 2. The van der Waals surface area contributed by atoms with Gasteiger partial charge in [-0.05, 0) is 42.8 Å². The van der Waals surface area contributed by atoms with Gasteiger partial charge >= 0.3 is 0 Å². The number of hydrogen-bond donors (Lipinski definition) is 1. The molecule has 0 bridgehead atoms. The summed E-state index contributed by atoms with van der Waals surface area (Å²) >= 11 is 5.87. The Morgan fingerprint density at radius 3 is 2.42 bits per heavy atom. The SMILES string of the molecule is CCCCCCCCCCn1c(CCNC(=O)COc2ccc(Cl)cc2)nc2ccccc21. The monoisotopic (exact) mass is 469 g/mol. The molecule has 1 aromatic heterocycles. The summed E-state index contributed by atoms with van der Waals surface area (Å²) in [7, 11) is 0. The Hall–Kier alpha value is -2.53. The molecule has 0 radical (unpaired) electrons. The number of fused-ring (bicyclic) bond motifs is 1. The molecule has 0 aliphatic rings. The fraction of sp³-hybridized carbons (Fsp3) is 0.481. The van der Waals surface area contributed by atoms with Crippen LogP contribution >= 0.6 is 11.6 Å². The van der Waals surface area contributed by atoms with Crippen LogP contribution in [0.4, 0.5) is 0 Å². The van der Waals surface area contributed by atoms with E-state index in [0.717, 1.165) is 24.3 Å². The van der Waals surface area contributed by atoms with Crippen LogP contribution in [0, 0.1) is 0 Å². The van der Waals surface area contributed by atoms with Crippen LogP contribution in [0.1, 0.15) is 64.1 Å². The minimum atomic E-state index is -0.143. The normalized spacial score (nSPS) is 11.1. The predicted octanol–water partition coefficient (Wildman–Crippen LogP) is 6.57. The molecule has 1 amide bonds. The number of hydrogen-bond acceptors (Lipinski definition) is 3. The van der Waals surface area contributed by atoms with Gasteiger partial charge in [-0.3, -0.25) is 4.79 Å². The first-order valence-corrected chi connectivity index (χ1v) is 12.6. The Balaban J connectivity index is 1.45. The number of benzene rings is 2. The third kappa shape index (κ3) is 8.39. The first kappa shape index (κ1) is 25.1. The third-order valence-corrected chi connectivity index (χ3v) is 6.08. The van der Waals surface area contributed by atoms with Crippen molar-refractivity contribution in [3.05, 3.63) is 59.4 Å². The van der Waals surface area contributed by atoms with Gasteiger partial charge in [-0.2, -0.15) is 0 Å². The zero-order chi connectivity index (χ0) is 23.3. The van der Waals surface area contributed by atoms with Crippen molar-refractivity contribution >= 4 is 28.5 Å². The fourth-order valence-electron chi connectivity index (χ4n) is 4.01. The molecule has 0 unspecified atom stereocenters. The molecule has 1 N–H and O–H groups in total. The minimum Gasteiger partial charge on any atom is -0.484 e. The van der Waals surface area contributed by atoms with Crippen molar-refractivity contribution in [1.82, 2.24) is 14.9 Å². The standard InChI is InChI=1S/C27H36ClN3O2/c1-2-3-4-5-6-7-8-11-20-31-25-13-10-9-12-24(25)30-26(31)18-19-29-27(32)21-33-23-16-14-22(28)15-17-23/h9-10,12-17H,2-8,11,18-21H2,1H3,(H,29,32). The first-order valence-electron chi connectivity index (χ1n) is 12.3. The number of rotatable bonds is 15. The second kappa shape index (κ2) is 13.9. The van der Waals surface area contributed by atoms with Crippen molar-refractivity contribution in [2.75, 3.05) is 13.2 Å². The topological polar surface area (TPSA) is 56.2 Å². The Kier molecular flexibility index (Phi) is 10.6. The van der Waals surface area contributed by atoms with Gasteiger partial charge in [0.2, 0.25) is 0 Å². The van der Waals surface area contributed by atoms with E-state index in [1.165, 1.54) is 50.5 Å². The van der Waals surface area contributed by atoms with Crippen molar-refractivity contribution in [2.45, 2.75) is 71.3 Å². The van der Waals surface area contributed by atoms with E-state index < -0.39 is 0 Å². The molecule has 0 aliphatic carbocycles. The fourth-order valence-corrected chi connectivity index (χ4v) is 4.14. The van der Waals surface area contributed by atoms with E-state index in [0.29, 0.717) is 23.7 Å². The Morgan fingerprint density at radius 1 is 0.970 bits per heavy atom. The van der Waals surface area contributed by atoms with Crippen molar-refractivity contribution in [3.63, 3.8) is 0 Å². The van der Waals surface area contributed by atoms with Crippen LogP contribution in [0.15, 0.2) is 48.5 Å². The smallest absolute Gasteiger partial charge is 0.257 e. The number of amides is 1. The number of imidazole rings is 1. The lowest BCUT2D eigenvalue weighted by atomic mass is 10.1. The minimum absolute atomic E-state index is 0.0176. The number of carbonyl (C=O) groups excluding carboxylic acids is 1. The lowest BCUT2D eigenvalue weighted by Gasteiger charge is -2.11. The van der Waals surface area contributed by atoms with Gasteiger partial charge in [0.05, 0.1) is 11.0 Å². The Bertz CT molecular complexity index is 985. The lowest BCUT2D eigenvalue weighted by Crippen LogP contribution is -2.31. The van der Waals surface area contributed by atoms with Crippen LogP contribution < -0.4 is 10.1 Å². The molecule has 3 aromatic rings. The summed E-state index contributed by atoms with van der Waals surface area (Å²) in [6, 6.07) is 15.3. The van der Waals surface area contributed by atoms with Crippen molar-refractivity contribution in [1.29, 1.82) is 0 Å². The van der Waals surface area contributed by atoms with Crippen LogP contribution in [0.2, 0.25) is 5.02 Å². The molecule has 0 spiro atoms. The van der Waals surface area contributed by atoms with E-state index >= 15 is 0 Å². The summed E-state index contributed by atoms with van der Waals surface area (Å²) in [6.07, 6.45) is 11.1. The van der Waals surface area contributed by atoms with E-state index in [4.69, 9.17) is 21.3 Å². The molecule has 1 heterocycles. The van der Waals surface area contributed by atoms with Crippen molar-refractivity contribution < 1.29 is 9.53 Å². The molecule has 0 fully saturated rings. The number of aryl methyl sites for hydroxylation is 1. The highest BCUT2D eigenvalue weighted by Crippen LogP contribution is 2.18. The third-order valence-electron chi connectivity index (χ3n) is 5.82. The number of aromatic nitrogens is 2. The average Bonchev–Trinajstić information content (AvgIpc) is 3.18. The van der Waals surface area contributed by atoms with E-state index in [2.05, 4.69) is 35.0 Å². The molecule has 0 atom stereocenters. The highest BCUT2D eigenvalue weighted by molar-refractivity contribution is 6.30. The van der Waals surface area contributed by atoms with Crippen LogP contribution in [-0.2, 0) is 17.8 Å². The van der Waals surface area contributed by atoms with Gasteiger partial charge in [0, 0.05) is 24.5 Å². The van der Waals surface area contributed by atoms with Crippen LogP contribution in [-0.4, -0.2) is 28.6 Å². The molecule has 0 saturated heterocycles. The molecular weight excluding hydrogens is 434 g/mol. The summed E-state index contributed by atoms with van der Waals surface area (Å²) in [4.78, 5) is 17.0. The lowest BCUT2D eigenvalue weighted by molar-refractivity contribution is -0.123. The second-order valence-electron chi connectivity index (χ2n) is 8.49. The van der Waals surface area contributed by atoms with Gasteiger partial charge in [-0.1, -0.05) is 75.6 Å². The summed E-state index contributed by atoms with van der Waals surface area (Å²) in [6.45, 7) is 3.74. The molecule has 2 aromatic carbocycles. The maximum atomic E-state index is 12.2. The molecule has 5 nitrogen and oxygen atoms in total. The van der Waals surface area contributed by atoms with Crippen molar-refractivity contribution in [3.8, 4) is 5.75 Å². The predicted molar refractivity (Wildman–Crippen MR) is 136 cm³/mol. The summed E-state index contributed by atoms with van der Waals surface area (Å²) < 4.78 is 7.83.